The van der Waals surface area contributed by atoms with E-state index < -0.39 is 0 Å². The van der Waals surface area contributed by atoms with E-state index in [1.165, 1.54) is 19.3 Å². The van der Waals surface area contributed by atoms with Crippen LogP contribution in [0.15, 0.2) is 12.2 Å². The number of hydrogen-bond donors (Lipinski definition) is 1. The van der Waals surface area contributed by atoms with Gasteiger partial charge in [0.25, 0.3) is 0 Å². The monoisotopic (exact) mass is 200 g/mol. The molecule has 0 aliphatic rings. The summed E-state index contributed by atoms with van der Waals surface area (Å²) in [6.07, 6.45) is 9.47. The van der Waals surface area contributed by atoms with Crippen LogP contribution in [0.25, 0.3) is 0 Å². The Morgan fingerprint density at radius 3 is 2.50 bits per heavy atom. The molecule has 0 rings (SSSR count). The maximum absolute atomic E-state index is 8.62. The van der Waals surface area contributed by atoms with Crippen molar-refractivity contribution in [3.8, 4) is 0 Å². The Morgan fingerprint density at radius 2 is 2.00 bits per heavy atom. The van der Waals surface area contributed by atoms with Gasteiger partial charge in [-0.3, -0.25) is 0 Å². The van der Waals surface area contributed by atoms with E-state index in [4.69, 9.17) is 9.84 Å². The number of methoxy groups -OCH3 is 1. The summed E-state index contributed by atoms with van der Waals surface area (Å²) in [4.78, 5) is 0. The first-order valence-electron chi connectivity index (χ1n) is 5.49. The van der Waals surface area contributed by atoms with Crippen molar-refractivity contribution in [1.29, 1.82) is 0 Å². The summed E-state index contributed by atoms with van der Waals surface area (Å²) in [6, 6.07) is 0. The summed E-state index contributed by atoms with van der Waals surface area (Å²) in [6.45, 7) is 4.45. The van der Waals surface area contributed by atoms with Gasteiger partial charge in [-0.15, -0.1) is 0 Å². The largest absolute Gasteiger partial charge is 0.392 e. The quantitative estimate of drug-likeness (QED) is 0.482. The van der Waals surface area contributed by atoms with Crippen LogP contribution in [0.3, 0.4) is 0 Å². The van der Waals surface area contributed by atoms with E-state index in [0.717, 1.165) is 12.8 Å². The van der Waals surface area contributed by atoms with E-state index in [-0.39, 0.29) is 12.2 Å². The molecule has 0 saturated heterocycles. The van der Waals surface area contributed by atoms with Crippen molar-refractivity contribution in [1.82, 2.24) is 0 Å². The van der Waals surface area contributed by atoms with Crippen molar-refractivity contribution in [2.45, 2.75) is 51.6 Å². The molecule has 0 aromatic rings. The summed E-state index contributed by atoms with van der Waals surface area (Å²) in [5.74, 6) is 0. The Hall–Kier alpha value is -0.340. The van der Waals surface area contributed by atoms with E-state index in [9.17, 15) is 0 Å². The fourth-order valence-electron chi connectivity index (χ4n) is 1.44. The molecule has 0 aliphatic heterocycles. The second-order valence-corrected chi connectivity index (χ2v) is 3.97. The van der Waals surface area contributed by atoms with Gasteiger partial charge in [-0.1, -0.05) is 38.3 Å². The summed E-state index contributed by atoms with van der Waals surface area (Å²) in [5, 5.41) is 8.62. The third-order valence-electron chi connectivity index (χ3n) is 2.62. The van der Waals surface area contributed by atoms with Crippen LogP contribution < -0.4 is 0 Å². The number of ether oxygens (including phenoxy) is 1. The zero-order valence-electron chi connectivity index (χ0n) is 9.75. The van der Waals surface area contributed by atoms with Gasteiger partial charge in [0.05, 0.1) is 12.2 Å². The Morgan fingerprint density at radius 1 is 1.29 bits per heavy atom. The maximum atomic E-state index is 8.62. The van der Waals surface area contributed by atoms with Gasteiger partial charge >= 0.3 is 0 Å². The van der Waals surface area contributed by atoms with Crippen LogP contribution in [0, 0.1) is 0 Å². The van der Waals surface area contributed by atoms with E-state index in [2.05, 4.69) is 13.8 Å². The molecule has 84 valence electrons. The minimum atomic E-state index is -0.0547. The Labute approximate surface area is 88.0 Å². The van der Waals surface area contributed by atoms with Crippen molar-refractivity contribution in [3.05, 3.63) is 12.2 Å². The average molecular weight is 200 g/mol. The molecule has 2 nitrogen and oxygen atoms in total. The molecule has 1 atom stereocenters. The van der Waals surface area contributed by atoms with Crippen LogP contribution in [-0.2, 0) is 4.74 Å². The average Bonchev–Trinajstić information content (AvgIpc) is 2.19. The van der Waals surface area contributed by atoms with Gasteiger partial charge < -0.3 is 9.84 Å². The van der Waals surface area contributed by atoms with Gasteiger partial charge in [0.1, 0.15) is 0 Å². The highest BCUT2D eigenvalue weighted by atomic mass is 16.5. The SMILES string of the molecule is CCCCCC(C)(C/C=C/CO)OC. The van der Waals surface area contributed by atoms with Gasteiger partial charge in [0, 0.05) is 7.11 Å². The maximum Gasteiger partial charge on any atom is 0.0685 e. The molecular weight excluding hydrogens is 176 g/mol. The zero-order chi connectivity index (χ0) is 10.9. The van der Waals surface area contributed by atoms with Gasteiger partial charge in [-0.2, -0.15) is 0 Å². The van der Waals surface area contributed by atoms with Gasteiger partial charge in [0.2, 0.25) is 0 Å². The highest BCUT2D eigenvalue weighted by Gasteiger charge is 2.20. The van der Waals surface area contributed by atoms with Crippen LogP contribution in [0.5, 0.6) is 0 Å². The summed E-state index contributed by atoms with van der Waals surface area (Å²) >= 11 is 0. The molecule has 0 aromatic heterocycles. The Kier molecular flexibility index (Phi) is 7.81. The molecule has 0 radical (unpaired) electrons. The first-order valence-corrected chi connectivity index (χ1v) is 5.49. The first kappa shape index (κ1) is 13.7. The minimum Gasteiger partial charge on any atom is -0.392 e. The standard InChI is InChI=1S/C12H24O2/c1-4-5-6-9-12(2,14-3)10-7-8-11-13/h7-8,13H,4-6,9-11H2,1-3H3/b8-7+. The molecule has 2 heteroatoms. The second kappa shape index (κ2) is 8.01. The smallest absolute Gasteiger partial charge is 0.0685 e. The number of hydrogen-bond acceptors (Lipinski definition) is 2. The van der Waals surface area contributed by atoms with E-state index in [1.54, 1.807) is 13.2 Å². The molecule has 0 fully saturated rings. The number of aliphatic hydroxyl groups excluding tert-OH is 1. The number of aliphatic hydroxyl groups is 1. The van der Waals surface area contributed by atoms with Crippen molar-refractivity contribution in [2.24, 2.45) is 0 Å². The molecule has 1 unspecified atom stereocenters. The predicted octanol–water partition coefficient (Wildman–Crippen LogP) is 2.91. The third kappa shape index (κ3) is 6.17. The molecule has 0 bridgehead atoms. The fraction of sp³-hybridized carbons (Fsp3) is 0.833. The first-order chi connectivity index (χ1) is 6.68. The topological polar surface area (TPSA) is 29.5 Å². The minimum absolute atomic E-state index is 0.0547. The zero-order valence-corrected chi connectivity index (χ0v) is 9.75. The van der Waals surface area contributed by atoms with Crippen molar-refractivity contribution in [3.63, 3.8) is 0 Å². The third-order valence-corrected chi connectivity index (χ3v) is 2.62. The molecule has 0 aromatic carbocycles. The molecule has 14 heavy (non-hydrogen) atoms. The van der Waals surface area contributed by atoms with Gasteiger partial charge in [-0.05, 0) is 19.8 Å². The van der Waals surface area contributed by atoms with E-state index in [1.807, 2.05) is 6.08 Å². The number of rotatable bonds is 8. The van der Waals surface area contributed by atoms with E-state index in [0.29, 0.717) is 0 Å². The second-order valence-electron chi connectivity index (χ2n) is 3.97. The van der Waals surface area contributed by atoms with Gasteiger partial charge in [-0.25, -0.2) is 0 Å². The lowest BCUT2D eigenvalue weighted by Crippen LogP contribution is -2.26. The summed E-state index contributed by atoms with van der Waals surface area (Å²) in [7, 11) is 1.76. The lowest BCUT2D eigenvalue weighted by molar-refractivity contribution is -0.000545. The highest BCUT2D eigenvalue weighted by molar-refractivity contribution is 4.89. The van der Waals surface area contributed by atoms with Crippen LogP contribution in [0.4, 0.5) is 0 Å². The highest BCUT2D eigenvalue weighted by Crippen LogP contribution is 2.22. The lowest BCUT2D eigenvalue weighted by Gasteiger charge is -2.26. The molecule has 0 heterocycles. The molecule has 0 amide bonds. The molecule has 0 saturated carbocycles. The molecule has 0 spiro atoms. The van der Waals surface area contributed by atoms with Crippen LogP contribution >= 0.6 is 0 Å². The molecular formula is C12H24O2. The van der Waals surface area contributed by atoms with Crippen LogP contribution in [-0.4, -0.2) is 24.4 Å². The normalized spacial score (nSPS) is 16.0. The van der Waals surface area contributed by atoms with Gasteiger partial charge in [0.15, 0.2) is 0 Å². The van der Waals surface area contributed by atoms with Crippen molar-refractivity contribution >= 4 is 0 Å². The Balaban J connectivity index is 3.84. The number of unbranched alkanes of at least 4 members (excludes halogenated alkanes) is 2. The summed E-state index contributed by atoms with van der Waals surface area (Å²) in [5.41, 5.74) is -0.0547. The lowest BCUT2D eigenvalue weighted by atomic mass is 9.94. The van der Waals surface area contributed by atoms with Crippen LogP contribution in [0.2, 0.25) is 0 Å². The Bertz CT molecular complexity index is 154. The van der Waals surface area contributed by atoms with Crippen molar-refractivity contribution < 1.29 is 9.84 Å². The van der Waals surface area contributed by atoms with Crippen LogP contribution in [0.1, 0.15) is 46.0 Å². The van der Waals surface area contributed by atoms with E-state index >= 15 is 0 Å². The fourth-order valence-corrected chi connectivity index (χ4v) is 1.44. The molecule has 0 aliphatic carbocycles. The van der Waals surface area contributed by atoms with Crippen molar-refractivity contribution in [2.75, 3.05) is 13.7 Å². The molecule has 1 N–H and O–H groups in total. The summed E-state index contributed by atoms with van der Waals surface area (Å²) < 4.78 is 5.50. The predicted molar refractivity (Wildman–Crippen MR) is 60.4 cm³/mol.